The van der Waals surface area contributed by atoms with Crippen LogP contribution < -0.4 is 4.74 Å². The van der Waals surface area contributed by atoms with Crippen molar-refractivity contribution < 1.29 is 24.2 Å². The fourth-order valence-electron chi connectivity index (χ4n) is 4.73. The van der Waals surface area contributed by atoms with E-state index in [-0.39, 0.29) is 54.7 Å². The standard InChI is InChI=1S/C31H37N5O5/c1-20-17-36(21(2)19-37)31(40)26-14-24(22-9-8-10-23(13-22)30(39)34(3)4)16-33-29(26)41-27(20)18-35(5)28(38)15-25-11-6-7-12-32-25/h6-14,16,20-21,27,37H,15,17-19H2,1-5H3/t20-,21+,27+/m0/s1. The fraction of sp³-hybridized carbons (Fsp3) is 0.387. The minimum Gasteiger partial charge on any atom is -0.472 e. The number of hydrogen-bond donors (Lipinski definition) is 1. The lowest BCUT2D eigenvalue weighted by Crippen LogP contribution is -2.50. The number of fused-ring (bicyclic) bond motifs is 1. The Bertz CT molecular complexity index is 1400. The van der Waals surface area contributed by atoms with Gasteiger partial charge in [-0.15, -0.1) is 0 Å². The number of carbonyl (C=O) groups excluding carboxylic acids is 3. The molecular formula is C31H37N5O5. The van der Waals surface area contributed by atoms with Crippen LogP contribution in [0.4, 0.5) is 0 Å². The molecule has 0 aliphatic carbocycles. The molecule has 0 fully saturated rings. The lowest BCUT2D eigenvalue weighted by atomic mass is 9.98. The summed E-state index contributed by atoms with van der Waals surface area (Å²) in [5.74, 6) is -0.542. The fourth-order valence-corrected chi connectivity index (χ4v) is 4.73. The van der Waals surface area contributed by atoms with E-state index in [1.54, 1.807) is 80.6 Å². The van der Waals surface area contributed by atoms with Crippen LogP contribution in [0, 0.1) is 5.92 Å². The SMILES string of the molecule is C[C@H](CO)N1C[C@H](C)[C@@H](CN(C)C(=O)Cc2ccccn2)Oc2ncc(-c3cccc(C(=O)N(C)C)c3)cc2C1=O. The number of aliphatic hydroxyl groups is 1. The van der Waals surface area contributed by atoms with Crippen LogP contribution in [0.25, 0.3) is 11.1 Å². The van der Waals surface area contributed by atoms with Gasteiger partial charge in [-0.2, -0.15) is 0 Å². The van der Waals surface area contributed by atoms with Crippen LogP contribution in [-0.4, -0.2) is 100 Å². The van der Waals surface area contributed by atoms with Gasteiger partial charge >= 0.3 is 0 Å². The Balaban J connectivity index is 1.66. The molecular weight excluding hydrogens is 522 g/mol. The molecule has 41 heavy (non-hydrogen) atoms. The Morgan fingerprint density at radius 2 is 1.88 bits per heavy atom. The smallest absolute Gasteiger partial charge is 0.259 e. The second-order valence-electron chi connectivity index (χ2n) is 10.8. The number of amides is 3. The van der Waals surface area contributed by atoms with E-state index >= 15 is 0 Å². The predicted octanol–water partition coefficient (Wildman–Crippen LogP) is 2.77. The van der Waals surface area contributed by atoms with Gasteiger partial charge in [0.25, 0.3) is 11.8 Å². The second kappa shape index (κ2) is 12.9. The van der Waals surface area contributed by atoms with Crippen molar-refractivity contribution >= 4 is 17.7 Å². The third kappa shape index (κ3) is 6.89. The lowest BCUT2D eigenvalue weighted by Gasteiger charge is -2.37. The molecule has 0 bridgehead atoms. The molecule has 0 unspecified atom stereocenters. The van der Waals surface area contributed by atoms with Gasteiger partial charge in [0.05, 0.1) is 25.6 Å². The molecule has 2 aromatic heterocycles. The summed E-state index contributed by atoms with van der Waals surface area (Å²) in [6.07, 6.45) is 2.97. The maximum absolute atomic E-state index is 13.8. The van der Waals surface area contributed by atoms with Crippen LogP contribution in [0.2, 0.25) is 0 Å². The Labute approximate surface area is 240 Å². The van der Waals surface area contributed by atoms with Crippen molar-refractivity contribution in [3.8, 4) is 17.0 Å². The first kappa shape index (κ1) is 29.7. The lowest BCUT2D eigenvalue weighted by molar-refractivity contribution is -0.130. The molecule has 1 aliphatic rings. The van der Waals surface area contributed by atoms with Crippen molar-refractivity contribution in [3.05, 3.63) is 77.7 Å². The van der Waals surface area contributed by atoms with Crippen molar-refractivity contribution in [1.29, 1.82) is 0 Å². The zero-order valence-electron chi connectivity index (χ0n) is 24.2. The topological polar surface area (TPSA) is 116 Å². The summed E-state index contributed by atoms with van der Waals surface area (Å²) in [4.78, 5) is 52.8. The van der Waals surface area contributed by atoms with Crippen molar-refractivity contribution in [2.24, 2.45) is 5.92 Å². The number of likely N-dealkylation sites (N-methyl/N-ethyl adjacent to an activating group) is 1. The first-order valence-electron chi connectivity index (χ1n) is 13.6. The van der Waals surface area contributed by atoms with E-state index in [1.165, 1.54) is 4.90 Å². The van der Waals surface area contributed by atoms with Crippen LogP contribution in [-0.2, 0) is 11.2 Å². The van der Waals surface area contributed by atoms with Crippen molar-refractivity contribution in [2.45, 2.75) is 32.4 Å². The average Bonchev–Trinajstić information content (AvgIpc) is 2.98. The number of aromatic nitrogens is 2. The summed E-state index contributed by atoms with van der Waals surface area (Å²) in [6.45, 7) is 4.14. The molecule has 3 heterocycles. The van der Waals surface area contributed by atoms with Crippen LogP contribution in [0.15, 0.2) is 60.9 Å². The number of benzene rings is 1. The zero-order valence-corrected chi connectivity index (χ0v) is 24.2. The summed E-state index contributed by atoms with van der Waals surface area (Å²) in [5.41, 5.74) is 2.84. The molecule has 216 valence electrons. The Morgan fingerprint density at radius 1 is 1.10 bits per heavy atom. The van der Waals surface area contributed by atoms with Gasteiger partial charge < -0.3 is 24.5 Å². The summed E-state index contributed by atoms with van der Waals surface area (Å²) in [5, 5.41) is 9.95. The van der Waals surface area contributed by atoms with Crippen LogP contribution in [0.5, 0.6) is 5.88 Å². The van der Waals surface area contributed by atoms with E-state index < -0.39 is 12.1 Å². The highest BCUT2D eigenvalue weighted by molar-refractivity contribution is 5.98. The Hall–Kier alpha value is -4.31. The van der Waals surface area contributed by atoms with Gasteiger partial charge in [-0.1, -0.05) is 25.1 Å². The van der Waals surface area contributed by atoms with E-state index in [0.717, 1.165) is 5.56 Å². The van der Waals surface area contributed by atoms with E-state index in [2.05, 4.69) is 9.97 Å². The Kier molecular flexibility index (Phi) is 9.34. The molecule has 1 aromatic carbocycles. The third-order valence-electron chi connectivity index (χ3n) is 7.31. The van der Waals surface area contributed by atoms with E-state index in [0.29, 0.717) is 23.4 Å². The summed E-state index contributed by atoms with van der Waals surface area (Å²) in [6, 6.07) is 13.9. The average molecular weight is 560 g/mol. The summed E-state index contributed by atoms with van der Waals surface area (Å²) < 4.78 is 6.35. The molecule has 1 aliphatic heterocycles. The van der Waals surface area contributed by atoms with E-state index in [9.17, 15) is 19.5 Å². The molecule has 3 aromatic rings. The molecule has 3 atom stereocenters. The second-order valence-corrected chi connectivity index (χ2v) is 10.8. The van der Waals surface area contributed by atoms with E-state index in [1.807, 2.05) is 25.1 Å². The van der Waals surface area contributed by atoms with Gasteiger partial charge in [-0.25, -0.2) is 4.98 Å². The first-order chi connectivity index (χ1) is 19.6. The molecule has 1 N–H and O–H groups in total. The highest BCUT2D eigenvalue weighted by Gasteiger charge is 2.35. The number of hydrogen-bond acceptors (Lipinski definition) is 7. The minimum atomic E-state index is -0.465. The molecule has 0 saturated heterocycles. The highest BCUT2D eigenvalue weighted by atomic mass is 16.5. The Morgan fingerprint density at radius 3 is 2.56 bits per heavy atom. The maximum atomic E-state index is 13.8. The minimum absolute atomic E-state index is 0.103. The number of nitrogens with zero attached hydrogens (tertiary/aromatic N) is 5. The van der Waals surface area contributed by atoms with Gasteiger partial charge in [-0.05, 0) is 42.8 Å². The van der Waals surface area contributed by atoms with Crippen molar-refractivity contribution in [3.63, 3.8) is 0 Å². The predicted molar refractivity (Wildman–Crippen MR) is 154 cm³/mol. The number of pyridine rings is 2. The van der Waals surface area contributed by atoms with Crippen molar-refractivity contribution in [1.82, 2.24) is 24.7 Å². The molecule has 0 spiro atoms. The number of aliphatic hydroxyl groups excluding tert-OH is 1. The molecule has 3 amide bonds. The monoisotopic (exact) mass is 559 g/mol. The zero-order chi connectivity index (χ0) is 29.7. The maximum Gasteiger partial charge on any atom is 0.259 e. The largest absolute Gasteiger partial charge is 0.472 e. The van der Waals surface area contributed by atoms with Gasteiger partial charge in [0.1, 0.15) is 11.7 Å². The summed E-state index contributed by atoms with van der Waals surface area (Å²) in [7, 11) is 5.10. The quantitative estimate of drug-likeness (QED) is 0.451. The molecule has 10 heteroatoms. The van der Waals surface area contributed by atoms with E-state index in [4.69, 9.17) is 4.74 Å². The van der Waals surface area contributed by atoms with Gasteiger partial charge in [0.15, 0.2) is 0 Å². The summed E-state index contributed by atoms with van der Waals surface area (Å²) >= 11 is 0. The third-order valence-corrected chi connectivity index (χ3v) is 7.31. The number of rotatable bonds is 8. The van der Waals surface area contributed by atoms with Gasteiger partial charge in [0.2, 0.25) is 11.8 Å². The number of carbonyl (C=O) groups is 3. The van der Waals surface area contributed by atoms with Crippen LogP contribution in [0.3, 0.4) is 0 Å². The van der Waals surface area contributed by atoms with Crippen LogP contribution >= 0.6 is 0 Å². The first-order valence-corrected chi connectivity index (χ1v) is 13.6. The highest BCUT2D eigenvalue weighted by Crippen LogP contribution is 2.31. The molecule has 0 radical (unpaired) electrons. The van der Waals surface area contributed by atoms with Gasteiger partial charge in [0, 0.05) is 62.8 Å². The van der Waals surface area contributed by atoms with Crippen LogP contribution in [0.1, 0.15) is 40.3 Å². The number of ether oxygens (including phenoxy) is 1. The molecule has 10 nitrogen and oxygen atoms in total. The van der Waals surface area contributed by atoms with Gasteiger partial charge in [-0.3, -0.25) is 19.4 Å². The van der Waals surface area contributed by atoms with Crippen molar-refractivity contribution in [2.75, 3.05) is 40.8 Å². The molecule has 4 rings (SSSR count). The normalized spacial score (nSPS) is 17.5. The molecule has 0 saturated carbocycles.